The molecule has 1 aromatic carbocycles. The van der Waals surface area contributed by atoms with Crippen molar-refractivity contribution in [1.29, 1.82) is 0 Å². The number of nitrogens with one attached hydrogen (secondary N) is 1. The first-order chi connectivity index (χ1) is 9.90. The average Bonchev–Trinajstić information content (AvgIpc) is 2.43. The number of hydrogen-bond acceptors (Lipinski definition) is 7. The molecule has 0 bridgehead atoms. The molecule has 1 aromatic heterocycles. The van der Waals surface area contributed by atoms with Crippen LogP contribution in [0, 0.1) is 10.1 Å². The first kappa shape index (κ1) is 14.0. The summed E-state index contributed by atoms with van der Waals surface area (Å²) in [6, 6.07) is 3.10. The molecule has 4 N–H and O–H groups in total. The fourth-order valence-electron chi connectivity index (χ4n) is 1.50. The number of carbonyl (C=O) groups is 1. The molecule has 0 aliphatic carbocycles. The van der Waals surface area contributed by atoms with Gasteiger partial charge in [0, 0.05) is 12.1 Å². The first-order valence-electron chi connectivity index (χ1n) is 5.43. The van der Waals surface area contributed by atoms with Crippen LogP contribution in [0.4, 0.5) is 11.4 Å². The van der Waals surface area contributed by atoms with Gasteiger partial charge in [0.05, 0.1) is 11.3 Å². The predicted molar refractivity (Wildman–Crippen MR) is 69.4 cm³/mol. The maximum absolute atomic E-state index is 11.3. The third-order valence-electron chi connectivity index (χ3n) is 2.46. The summed E-state index contributed by atoms with van der Waals surface area (Å²) in [5, 5.41) is 19.7. The first-order valence-corrected chi connectivity index (χ1v) is 5.43. The van der Waals surface area contributed by atoms with Gasteiger partial charge in [-0.15, -0.1) is 0 Å². The van der Waals surface area contributed by atoms with Crippen molar-refractivity contribution in [2.45, 2.75) is 0 Å². The van der Waals surface area contributed by atoms with E-state index >= 15 is 0 Å². The molecule has 0 unspecified atom stereocenters. The normalized spacial score (nSPS) is 10.1. The van der Waals surface area contributed by atoms with E-state index in [-0.39, 0.29) is 17.3 Å². The number of hydrogen-bond donors (Lipinski definition) is 3. The van der Waals surface area contributed by atoms with E-state index in [1.54, 1.807) is 0 Å². The topological polar surface area (TPSA) is 161 Å². The Balaban J connectivity index is 2.44. The fourth-order valence-corrected chi connectivity index (χ4v) is 1.50. The summed E-state index contributed by atoms with van der Waals surface area (Å²) in [6.45, 7) is 0. The number of aromatic amines is 1. The number of aromatic carboxylic acids is 1. The number of rotatable bonds is 4. The van der Waals surface area contributed by atoms with E-state index in [4.69, 9.17) is 15.6 Å². The highest BCUT2D eigenvalue weighted by Gasteiger charge is 2.21. The number of carboxylic acids is 1. The number of nitro groups is 1. The van der Waals surface area contributed by atoms with Gasteiger partial charge in [-0.3, -0.25) is 14.9 Å². The molecule has 0 spiro atoms. The van der Waals surface area contributed by atoms with Gasteiger partial charge in [-0.2, -0.15) is 0 Å². The molecule has 108 valence electrons. The molecule has 21 heavy (non-hydrogen) atoms. The third kappa shape index (κ3) is 2.78. The molecule has 0 aliphatic heterocycles. The van der Waals surface area contributed by atoms with Crippen LogP contribution in [0.3, 0.4) is 0 Å². The molecule has 0 aliphatic rings. The Bertz CT molecular complexity index is 785. The van der Waals surface area contributed by atoms with Crippen LogP contribution < -0.4 is 16.0 Å². The Morgan fingerprint density at radius 3 is 2.81 bits per heavy atom. The van der Waals surface area contributed by atoms with E-state index in [0.717, 1.165) is 18.5 Å². The zero-order valence-electron chi connectivity index (χ0n) is 10.3. The Hall–Kier alpha value is -3.43. The van der Waals surface area contributed by atoms with Gasteiger partial charge in [-0.1, -0.05) is 0 Å². The van der Waals surface area contributed by atoms with Gasteiger partial charge < -0.3 is 20.6 Å². The highest BCUT2D eigenvalue weighted by molar-refractivity contribution is 5.92. The van der Waals surface area contributed by atoms with Crippen molar-refractivity contribution < 1.29 is 19.6 Å². The van der Waals surface area contributed by atoms with E-state index in [9.17, 15) is 19.7 Å². The number of nitro benzene ring substituents is 1. The van der Waals surface area contributed by atoms with Gasteiger partial charge in [0.2, 0.25) is 5.88 Å². The molecule has 0 radical (unpaired) electrons. The van der Waals surface area contributed by atoms with Crippen LogP contribution in [-0.4, -0.2) is 26.0 Å². The van der Waals surface area contributed by atoms with Crippen LogP contribution in [-0.2, 0) is 0 Å². The molecular weight excluding hydrogens is 284 g/mol. The molecule has 0 saturated heterocycles. The van der Waals surface area contributed by atoms with Crippen molar-refractivity contribution in [2.75, 3.05) is 5.73 Å². The lowest BCUT2D eigenvalue weighted by Gasteiger charge is -2.07. The molecule has 2 rings (SSSR count). The zero-order chi connectivity index (χ0) is 15.6. The highest BCUT2D eigenvalue weighted by Crippen LogP contribution is 2.28. The summed E-state index contributed by atoms with van der Waals surface area (Å²) in [5.41, 5.74) is 3.39. The number of ether oxygens (including phenoxy) is 1. The summed E-state index contributed by atoms with van der Waals surface area (Å²) in [4.78, 5) is 38.1. The van der Waals surface area contributed by atoms with E-state index in [1.165, 1.54) is 6.07 Å². The molecule has 0 atom stereocenters. The summed E-state index contributed by atoms with van der Waals surface area (Å²) in [6.07, 6.45) is 1.05. The number of aromatic nitrogens is 2. The van der Waals surface area contributed by atoms with Crippen molar-refractivity contribution in [2.24, 2.45) is 0 Å². The largest absolute Gasteiger partial charge is 0.477 e. The third-order valence-corrected chi connectivity index (χ3v) is 2.46. The molecule has 0 saturated carbocycles. The number of nitrogens with two attached hydrogens (primary N) is 1. The van der Waals surface area contributed by atoms with Crippen molar-refractivity contribution in [1.82, 2.24) is 9.97 Å². The van der Waals surface area contributed by atoms with Crippen LogP contribution in [0.15, 0.2) is 29.3 Å². The number of anilines is 1. The number of nitrogen functional groups attached to an aromatic ring is 1. The highest BCUT2D eigenvalue weighted by atomic mass is 16.6. The lowest BCUT2D eigenvalue weighted by molar-refractivity contribution is -0.385. The van der Waals surface area contributed by atoms with Gasteiger partial charge in [0.25, 0.3) is 11.2 Å². The predicted octanol–water partition coefficient (Wildman–Crippen LogP) is 0.751. The molecule has 0 amide bonds. The maximum atomic E-state index is 11.3. The fraction of sp³-hybridized carbons (Fsp3) is 0. The standard InChI is InChI=1S/C11H8N4O6/c12-8-9(16)13-4-14-10(8)21-5-1-2-7(15(19)20)6(3-5)11(17)18/h1-4H,12H2,(H,17,18)(H,13,14,16). The van der Waals surface area contributed by atoms with Crippen molar-refractivity contribution in [3.8, 4) is 11.6 Å². The van der Waals surface area contributed by atoms with E-state index < -0.39 is 27.7 Å². The number of benzene rings is 1. The Morgan fingerprint density at radius 2 is 2.19 bits per heavy atom. The summed E-state index contributed by atoms with van der Waals surface area (Å²) >= 11 is 0. The van der Waals surface area contributed by atoms with Gasteiger partial charge in [0.1, 0.15) is 11.3 Å². The van der Waals surface area contributed by atoms with Crippen LogP contribution in [0.5, 0.6) is 11.6 Å². The Morgan fingerprint density at radius 1 is 1.48 bits per heavy atom. The summed E-state index contributed by atoms with van der Waals surface area (Å²) < 4.78 is 5.17. The maximum Gasteiger partial charge on any atom is 0.342 e. The van der Waals surface area contributed by atoms with Crippen molar-refractivity contribution in [3.05, 3.63) is 50.6 Å². The van der Waals surface area contributed by atoms with Crippen LogP contribution in [0.25, 0.3) is 0 Å². The molecule has 10 nitrogen and oxygen atoms in total. The number of nitrogens with zero attached hydrogens (tertiary/aromatic N) is 2. The van der Waals surface area contributed by atoms with Gasteiger partial charge in [-0.25, -0.2) is 9.78 Å². The number of H-pyrrole nitrogens is 1. The lowest BCUT2D eigenvalue weighted by Crippen LogP contribution is -2.13. The molecular formula is C11H8N4O6. The molecule has 2 aromatic rings. The Labute approximate surface area is 116 Å². The van der Waals surface area contributed by atoms with Gasteiger partial charge in [0.15, 0.2) is 5.69 Å². The average molecular weight is 292 g/mol. The zero-order valence-corrected chi connectivity index (χ0v) is 10.3. The van der Waals surface area contributed by atoms with Crippen LogP contribution in [0.2, 0.25) is 0 Å². The summed E-state index contributed by atoms with van der Waals surface area (Å²) in [5.74, 6) is -1.77. The second kappa shape index (κ2) is 5.28. The Kier molecular flexibility index (Phi) is 3.52. The number of carboxylic acid groups (broad SMARTS) is 1. The van der Waals surface area contributed by atoms with E-state index in [0.29, 0.717) is 0 Å². The monoisotopic (exact) mass is 292 g/mol. The minimum absolute atomic E-state index is 0.0530. The SMILES string of the molecule is Nc1c(Oc2ccc([N+](=O)[O-])c(C(=O)O)c2)nc[nH]c1=O. The second-order valence-corrected chi connectivity index (χ2v) is 3.79. The van der Waals surface area contributed by atoms with Crippen molar-refractivity contribution in [3.63, 3.8) is 0 Å². The van der Waals surface area contributed by atoms with E-state index in [2.05, 4.69) is 9.97 Å². The van der Waals surface area contributed by atoms with Gasteiger partial charge >= 0.3 is 5.97 Å². The smallest absolute Gasteiger partial charge is 0.342 e. The minimum Gasteiger partial charge on any atom is -0.477 e. The van der Waals surface area contributed by atoms with Crippen LogP contribution >= 0.6 is 0 Å². The molecule has 10 heteroatoms. The summed E-state index contributed by atoms with van der Waals surface area (Å²) in [7, 11) is 0. The van der Waals surface area contributed by atoms with Crippen molar-refractivity contribution >= 4 is 17.3 Å². The van der Waals surface area contributed by atoms with Crippen LogP contribution in [0.1, 0.15) is 10.4 Å². The lowest BCUT2D eigenvalue weighted by atomic mass is 10.1. The second-order valence-electron chi connectivity index (χ2n) is 3.79. The van der Waals surface area contributed by atoms with Gasteiger partial charge in [-0.05, 0) is 6.07 Å². The molecule has 1 heterocycles. The molecule has 0 fully saturated rings. The quantitative estimate of drug-likeness (QED) is 0.549. The van der Waals surface area contributed by atoms with E-state index in [1.807, 2.05) is 0 Å². The minimum atomic E-state index is -1.49.